The molecule has 0 bridgehead atoms. The Morgan fingerprint density at radius 2 is 2.31 bits per heavy atom. The van der Waals surface area contributed by atoms with Crippen LogP contribution in [0.3, 0.4) is 0 Å². The summed E-state index contributed by atoms with van der Waals surface area (Å²) in [7, 11) is 0. The molecule has 1 nitrogen and oxygen atoms in total. The molecule has 1 aliphatic rings. The molecule has 1 fully saturated rings. The Balaban J connectivity index is 1.87. The zero-order valence-corrected chi connectivity index (χ0v) is 9.95. The minimum Gasteiger partial charge on any atom is -0.301 e. The van der Waals surface area contributed by atoms with E-state index in [4.69, 9.17) is 0 Å². The first-order chi connectivity index (χ1) is 7.79. The van der Waals surface area contributed by atoms with Crippen LogP contribution in [0.2, 0.25) is 0 Å². The van der Waals surface area contributed by atoms with E-state index in [2.05, 4.69) is 11.8 Å². The summed E-state index contributed by atoms with van der Waals surface area (Å²) >= 11 is 0. The standard InChI is InChI=1S/C14H20FN/c1-2-16-10-4-7-14(16)9-8-12-5-3-6-13(15)11-12/h3,5-6,11,14H,2,4,7-10H2,1H3. The Kier molecular flexibility index (Phi) is 3.94. The fraction of sp³-hybridized carbons (Fsp3) is 0.571. The predicted octanol–water partition coefficient (Wildman–Crippen LogP) is 3.24. The molecule has 0 aliphatic carbocycles. The third-order valence-electron chi connectivity index (χ3n) is 3.56. The maximum Gasteiger partial charge on any atom is 0.123 e. The van der Waals surface area contributed by atoms with Crippen molar-refractivity contribution in [1.29, 1.82) is 0 Å². The quantitative estimate of drug-likeness (QED) is 0.754. The monoisotopic (exact) mass is 221 g/mol. The van der Waals surface area contributed by atoms with E-state index in [9.17, 15) is 4.39 Å². The molecule has 1 atom stereocenters. The van der Waals surface area contributed by atoms with Gasteiger partial charge in [-0.1, -0.05) is 19.1 Å². The lowest BCUT2D eigenvalue weighted by molar-refractivity contribution is 0.256. The van der Waals surface area contributed by atoms with Gasteiger partial charge in [-0.25, -0.2) is 4.39 Å². The average Bonchev–Trinajstić information content (AvgIpc) is 2.74. The van der Waals surface area contributed by atoms with Crippen molar-refractivity contribution in [3.8, 4) is 0 Å². The highest BCUT2D eigenvalue weighted by Gasteiger charge is 2.22. The van der Waals surface area contributed by atoms with Gasteiger partial charge in [0.15, 0.2) is 0 Å². The largest absolute Gasteiger partial charge is 0.301 e. The van der Waals surface area contributed by atoms with Crippen molar-refractivity contribution in [2.24, 2.45) is 0 Å². The zero-order valence-electron chi connectivity index (χ0n) is 9.95. The summed E-state index contributed by atoms with van der Waals surface area (Å²) in [5.74, 6) is -0.115. The highest BCUT2D eigenvalue weighted by atomic mass is 19.1. The van der Waals surface area contributed by atoms with Crippen molar-refractivity contribution in [3.63, 3.8) is 0 Å². The molecule has 16 heavy (non-hydrogen) atoms. The summed E-state index contributed by atoms with van der Waals surface area (Å²) in [6.45, 7) is 4.61. The molecule has 1 heterocycles. The van der Waals surface area contributed by atoms with Gasteiger partial charge in [-0.05, 0) is 56.5 Å². The van der Waals surface area contributed by atoms with Crippen LogP contribution in [0.1, 0.15) is 31.7 Å². The zero-order chi connectivity index (χ0) is 11.4. The molecule has 0 radical (unpaired) electrons. The van der Waals surface area contributed by atoms with E-state index in [1.54, 1.807) is 12.1 Å². The minimum absolute atomic E-state index is 0.115. The van der Waals surface area contributed by atoms with Gasteiger partial charge in [0.1, 0.15) is 5.82 Å². The van der Waals surface area contributed by atoms with Gasteiger partial charge in [0.2, 0.25) is 0 Å². The molecule has 0 aromatic heterocycles. The van der Waals surface area contributed by atoms with Crippen LogP contribution >= 0.6 is 0 Å². The summed E-state index contributed by atoms with van der Waals surface area (Å²) in [5.41, 5.74) is 1.13. The maximum absolute atomic E-state index is 13.0. The van der Waals surface area contributed by atoms with Gasteiger partial charge >= 0.3 is 0 Å². The fourth-order valence-corrected chi connectivity index (χ4v) is 2.66. The molecule has 1 aliphatic heterocycles. The first kappa shape index (κ1) is 11.6. The number of hydrogen-bond acceptors (Lipinski definition) is 1. The third-order valence-corrected chi connectivity index (χ3v) is 3.56. The molecule has 2 rings (SSSR count). The molecule has 88 valence electrons. The summed E-state index contributed by atoms with van der Waals surface area (Å²) in [5, 5.41) is 0. The van der Waals surface area contributed by atoms with Crippen molar-refractivity contribution in [2.75, 3.05) is 13.1 Å². The van der Waals surface area contributed by atoms with E-state index < -0.39 is 0 Å². The predicted molar refractivity (Wildman–Crippen MR) is 65.0 cm³/mol. The van der Waals surface area contributed by atoms with Crippen LogP contribution in [0.4, 0.5) is 4.39 Å². The smallest absolute Gasteiger partial charge is 0.123 e. The van der Waals surface area contributed by atoms with Gasteiger partial charge in [0, 0.05) is 6.04 Å². The maximum atomic E-state index is 13.0. The number of rotatable bonds is 4. The molecule has 0 saturated carbocycles. The van der Waals surface area contributed by atoms with Crippen LogP contribution in [0.5, 0.6) is 0 Å². The topological polar surface area (TPSA) is 3.24 Å². The molecule has 0 amide bonds. The first-order valence-corrected chi connectivity index (χ1v) is 6.28. The van der Waals surface area contributed by atoms with Crippen LogP contribution in [0, 0.1) is 5.82 Å². The molecule has 1 unspecified atom stereocenters. The van der Waals surface area contributed by atoms with Crippen molar-refractivity contribution < 1.29 is 4.39 Å². The molecular weight excluding hydrogens is 201 g/mol. The molecule has 0 spiro atoms. The lowest BCUT2D eigenvalue weighted by Crippen LogP contribution is -2.29. The van der Waals surface area contributed by atoms with Crippen molar-refractivity contribution >= 4 is 0 Å². The highest BCUT2D eigenvalue weighted by Crippen LogP contribution is 2.21. The third kappa shape index (κ3) is 2.82. The molecule has 1 aromatic carbocycles. The Bertz CT molecular complexity index is 337. The second kappa shape index (κ2) is 5.44. The minimum atomic E-state index is -0.115. The van der Waals surface area contributed by atoms with E-state index in [0.29, 0.717) is 6.04 Å². The van der Waals surface area contributed by atoms with E-state index in [1.165, 1.54) is 25.5 Å². The van der Waals surface area contributed by atoms with Crippen LogP contribution in [0.25, 0.3) is 0 Å². The Morgan fingerprint density at radius 1 is 1.44 bits per heavy atom. The van der Waals surface area contributed by atoms with E-state index in [-0.39, 0.29) is 5.82 Å². The number of halogens is 1. The number of aryl methyl sites for hydroxylation is 1. The van der Waals surface area contributed by atoms with Gasteiger partial charge < -0.3 is 4.90 Å². The average molecular weight is 221 g/mol. The Morgan fingerprint density at radius 3 is 3.06 bits per heavy atom. The number of benzene rings is 1. The lowest BCUT2D eigenvalue weighted by atomic mass is 10.0. The number of likely N-dealkylation sites (tertiary alicyclic amines) is 1. The molecule has 2 heteroatoms. The van der Waals surface area contributed by atoms with Crippen LogP contribution in [-0.2, 0) is 6.42 Å². The van der Waals surface area contributed by atoms with Crippen molar-refractivity contribution in [3.05, 3.63) is 35.6 Å². The van der Waals surface area contributed by atoms with E-state index in [0.717, 1.165) is 24.9 Å². The van der Waals surface area contributed by atoms with Gasteiger partial charge in [0.25, 0.3) is 0 Å². The van der Waals surface area contributed by atoms with Crippen LogP contribution in [-0.4, -0.2) is 24.0 Å². The van der Waals surface area contributed by atoms with E-state index in [1.807, 2.05) is 6.07 Å². The first-order valence-electron chi connectivity index (χ1n) is 6.28. The summed E-state index contributed by atoms with van der Waals surface area (Å²) in [4.78, 5) is 2.54. The Labute approximate surface area is 97.3 Å². The van der Waals surface area contributed by atoms with E-state index >= 15 is 0 Å². The number of hydrogen-bond donors (Lipinski definition) is 0. The van der Waals surface area contributed by atoms with Crippen molar-refractivity contribution in [1.82, 2.24) is 4.90 Å². The van der Waals surface area contributed by atoms with Gasteiger partial charge in [-0.2, -0.15) is 0 Å². The second-order valence-corrected chi connectivity index (χ2v) is 4.59. The van der Waals surface area contributed by atoms with Crippen LogP contribution in [0.15, 0.2) is 24.3 Å². The Hall–Kier alpha value is -0.890. The van der Waals surface area contributed by atoms with Gasteiger partial charge in [-0.15, -0.1) is 0 Å². The summed E-state index contributed by atoms with van der Waals surface area (Å²) < 4.78 is 13.0. The molecule has 0 N–H and O–H groups in total. The summed E-state index contributed by atoms with van der Waals surface area (Å²) in [6.07, 6.45) is 4.79. The molecule has 1 aromatic rings. The van der Waals surface area contributed by atoms with Crippen LogP contribution < -0.4 is 0 Å². The van der Waals surface area contributed by atoms with Gasteiger partial charge in [0.05, 0.1) is 0 Å². The lowest BCUT2D eigenvalue weighted by Gasteiger charge is -2.22. The second-order valence-electron chi connectivity index (χ2n) is 4.59. The number of nitrogens with zero attached hydrogens (tertiary/aromatic N) is 1. The molecular formula is C14H20FN. The SMILES string of the molecule is CCN1CCCC1CCc1cccc(F)c1. The fourth-order valence-electron chi connectivity index (χ4n) is 2.66. The highest BCUT2D eigenvalue weighted by molar-refractivity contribution is 5.16. The normalized spacial score (nSPS) is 21.5. The summed E-state index contributed by atoms with van der Waals surface area (Å²) in [6, 6.07) is 7.71. The van der Waals surface area contributed by atoms with Crippen molar-refractivity contribution in [2.45, 2.75) is 38.6 Å². The molecule has 1 saturated heterocycles. The van der Waals surface area contributed by atoms with Gasteiger partial charge in [-0.3, -0.25) is 0 Å².